The van der Waals surface area contributed by atoms with E-state index in [1.165, 1.54) is 36.4 Å². The van der Waals surface area contributed by atoms with E-state index >= 15 is 0 Å². The number of halogens is 1. The van der Waals surface area contributed by atoms with Crippen LogP contribution in [-0.2, 0) is 26.2 Å². The van der Waals surface area contributed by atoms with Gasteiger partial charge in [0.1, 0.15) is 0 Å². The van der Waals surface area contributed by atoms with E-state index in [0.29, 0.717) is 38.3 Å². The van der Waals surface area contributed by atoms with Gasteiger partial charge in [-0.05, 0) is 48.9 Å². The third kappa shape index (κ3) is 6.29. The highest BCUT2D eigenvalue weighted by atomic mass is 35.5. The predicted molar refractivity (Wildman–Crippen MR) is 125 cm³/mol. The molecule has 8 nitrogen and oxygen atoms in total. The molecular weight excluding hydrogens is 452 g/mol. The van der Waals surface area contributed by atoms with E-state index in [4.69, 9.17) is 11.6 Å². The summed E-state index contributed by atoms with van der Waals surface area (Å²) in [5, 5.41) is 5.50. The first-order valence-electron chi connectivity index (χ1n) is 10.3. The number of hydrogen-bond donors (Lipinski definition) is 2. The summed E-state index contributed by atoms with van der Waals surface area (Å²) in [6, 6.07) is 12.0. The number of benzene rings is 2. The lowest BCUT2D eigenvalue weighted by molar-refractivity contribution is -0.115. The molecule has 0 atom stereocenters. The minimum Gasteiger partial charge on any atom is -0.326 e. The highest BCUT2D eigenvalue weighted by Crippen LogP contribution is 2.27. The number of hydrogen-bond acceptors (Lipinski definition) is 5. The van der Waals surface area contributed by atoms with Gasteiger partial charge in [-0.3, -0.25) is 14.5 Å². The molecule has 0 radical (unpaired) electrons. The fraction of sp³-hybridized carbons (Fsp3) is 0.364. The molecular formula is C22H27ClN4O4S. The summed E-state index contributed by atoms with van der Waals surface area (Å²) in [5.74, 6) is -0.391. The zero-order valence-electron chi connectivity index (χ0n) is 18.1. The van der Waals surface area contributed by atoms with Crippen molar-refractivity contribution in [3.63, 3.8) is 0 Å². The molecule has 172 valence electrons. The molecule has 1 saturated heterocycles. The molecule has 2 N–H and O–H groups in total. The van der Waals surface area contributed by atoms with Crippen molar-refractivity contribution in [3.05, 3.63) is 53.1 Å². The Morgan fingerprint density at radius 2 is 1.62 bits per heavy atom. The normalized spacial score (nSPS) is 15.7. The van der Waals surface area contributed by atoms with Gasteiger partial charge in [0.15, 0.2) is 0 Å². The quantitative estimate of drug-likeness (QED) is 0.664. The van der Waals surface area contributed by atoms with Crippen LogP contribution in [0.3, 0.4) is 0 Å². The zero-order chi connectivity index (χ0) is 23.3. The third-order valence-corrected chi connectivity index (χ3v) is 7.32. The molecule has 0 bridgehead atoms. The van der Waals surface area contributed by atoms with E-state index in [-0.39, 0.29) is 21.7 Å². The summed E-state index contributed by atoms with van der Waals surface area (Å²) in [5.41, 5.74) is 2.22. The van der Waals surface area contributed by atoms with Gasteiger partial charge in [-0.25, -0.2) is 8.42 Å². The monoisotopic (exact) mass is 478 g/mol. The molecule has 1 fully saturated rings. The molecule has 1 aliphatic heterocycles. The van der Waals surface area contributed by atoms with Crippen LogP contribution in [0.2, 0.25) is 5.02 Å². The number of rotatable bonds is 6. The third-order valence-electron chi connectivity index (χ3n) is 5.12. The van der Waals surface area contributed by atoms with Gasteiger partial charge in [0.05, 0.1) is 15.6 Å². The molecule has 0 spiro atoms. The molecule has 0 unspecified atom stereocenters. The van der Waals surface area contributed by atoms with Gasteiger partial charge in [0.25, 0.3) is 0 Å². The minimum atomic E-state index is -3.70. The van der Waals surface area contributed by atoms with E-state index in [0.717, 1.165) is 17.8 Å². The molecule has 32 heavy (non-hydrogen) atoms. The van der Waals surface area contributed by atoms with Crippen LogP contribution in [0.1, 0.15) is 25.8 Å². The predicted octanol–water partition coefficient (Wildman–Crippen LogP) is 3.15. The van der Waals surface area contributed by atoms with E-state index in [2.05, 4.69) is 15.5 Å². The van der Waals surface area contributed by atoms with Crippen molar-refractivity contribution >= 4 is 44.8 Å². The van der Waals surface area contributed by atoms with Crippen molar-refractivity contribution in [1.82, 2.24) is 9.21 Å². The number of nitrogens with one attached hydrogen (secondary N) is 2. The fourth-order valence-corrected chi connectivity index (χ4v) is 5.39. The van der Waals surface area contributed by atoms with E-state index in [9.17, 15) is 18.0 Å². The second kappa shape index (κ2) is 10.4. The molecule has 0 aromatic heterocycles. The van der Waals surface area contributed by atoms with Crippen molar-refractivity contribution in [2.75, 3.05) is 36.8 Å². The summed E-state index contributed by atoms with van der Waals surface area (Å²) in [7, 11) is -3.70. The summed E-state index contributed by atoms with van der Waals surface area (Å²) in [6.45, 7) is 5.71. The summed E-state index contributed by atoms with van der Waals surface area (Å²) >= 11 is 6.17. The molecule has 0 aliphatic carbocycles. The van der Waals surface area contributed by atoms with Gasteiger partial charge in [-0.1, -0.05) is 23.7 Å². The molecule has 1 heterocycles. The van der Waals surface area contributed by atoms with Crippen molar-refractivity contribution in [2.45, 2.75) is 31.7 Å². The average Bonchev–Trinajstić information content (AvgIpc) is 2.96. The van der Waals surface area contributed by atoms with Crippen molar-refractivity contribution in [1.29, 1.82) is 0 Å². The van der Waals surface area contributed by atoms with Crippen molar-refractivity contribution in [2.24, 2.45) is 0 Å². The largest absolute Gasteiger partial charge is 0.326 e. The number of carbonyl (C=O) groups excluding carboxylic acids is 2. The second-order valence-electron chi connectivity index (χ2n) is 7.73. The Balaban J connectivity index is 1.64. The SMILES string of the molecule is CC(=O)Nc1ccc(CN2CCCN(S(=O)(=O)c3ccc(NC(C)=O)c(Cl)c3)CC2)cc1. The van der Waals surface area contributed by atoms with Crippen LogP contribution in [0.15, 0.2) is 47.4 Å². The van der Waals surface area contributed by atoms with E-state index in [1.807, 2.05) is 24.3 Å². The Morgan fingerprint density at radius 1 is 0.938 bits per heavy atom. The lowest BCUT2D eigenvalue weighted by atomic mass is 10.2. The summed E-state index contributed by atoms with van der Waals surface area (Å²) < 4.78 is 27.8. The van der Waals surface area contributed by atoms with Gasteiger partial charge >= 0.3 is 0 Å². The Bertz CT molecular complexity index is 1090. The number of amides is 2. The Hall–Kier alpha value is -2.46. The summed E-state index contributed by atoms with van der Waals surface area (Å²) in [4.78, 5) is 24.7. The Labute approximate surface area is 193 Å². The van der Waals surface area contributed by atoms with Gasteiger partial charge in [0, 0.05) is 45.7 Å². The maximum atomic E-state index is 13.1. The zero-order valence-corrected chi connectivity index (χ0v) is 19.7. The number of carbonyl (C=O) groups is 2. The molecule has 3 rings (SSSR count). The maximum Gasteiger partial charge on any atom is 0.243 e. The topological polar surface area (TPSA) is 98.8 Å². The van der Waals surface area contributed by atoms with E-state index < -0.39 is 10.0 Å². The number of nitrogens with zero attached hydrogens (tertiary/aromatic N) is 2. The van der Waals surface area contributed by atoms with Gasteiger partial charge in [-0.15, -0.1) is 0 Å². The standard InChI is InChI=1S/C22H27ClN4O4S/c1-16(28)24-19-6-4-18(5-7-19)15-26-10-3-11-27(13-12-26)32(30,31)20-8-9-22(21(23)14-20)25-17(2)29/h4-9,14H,3,10-13,15H2,1-2H3,(H,24,28)(H,25,29). The number of sulfonamides is 1. The first-order valence-corrected chi connectivity index (χ1v) is 12.1. The van der Waals surface area contributed by atoms with Gasteiger partial charge < -0.3 is 10.6 Å². The lowest BCUT2D eigenvalue weighted by Crippen LogP contribution is -2.35. The fourth-order valence-electron chi connectivity index (χ4n) is 3.60. The van der Waals surface area contributed by atoms with Crippen LogP contribution in [0, 0.1) is 0 Å². The van der Waals surface area contributed by atoms with E-state index in [1.54, 1.807) is 0 Å². The first-order chi connectivity index (χ1) is 15.1. The lowest BCUT2D eigenvalue weighted by Gasteiger charge is -2.22. The molecule has 2 aromatic rings. The Kier molecular flexibility index (Phi) is 7.89. The molecule has 1 aliphatic rings. The van der Waals surface area contributed by atoms with Crippen LogP contribution in [-0.4, -0.2) is 55.6 Å². The maximum absolute atomic E-state index is 13.1. The smallest absolute Gasteiger partial charge is 0.243 e. The summed E-state index contributed by atoms with van der Waals surface area (Å²) in [6.07, 6.45) is 0.709. The molecule has 0 saturated carbocycles. The molecule has 2 amide bonds. The second-order valence-corrected chi connectivity index (χ2v) is 10.1. The molecule has 10 heteroatoms. The highest BCUT2D eigenvalue weighted by molar-refractivity contribution is 7.89. The van der Waals surface area contributed by atoms with Gasteiger partial charge in [-0.2, -0.15) is 4.31 Å². The highest BCUT2D eigenvalue weighted by Gasteiger charge is 2.27. The van der Waals surface area contributed by atoms with Crippen LogP contribution < -0.4 is 10.6 Å². The van der Waals surface area contributed by atoms with Crippen molar-refractivity contribution in [3.8, 4) is 0 Å². The first kappa shape index (κ1) is 24.2. The van der Waals surface area contributed by atoms with Crippen LogP contribution in [0.4, 0.5) is 11.4 Å². The minimum absolute atomic E-state index is 0.110. The number of anilines is 2. The van der Waals surface area contributed by atoms with Gasteiger partial charge in [0.2, 0.25) is 21.8 Å². The average molecular weight is 479 g/mol. The Morgan fingerprint density at radius 3 is 2.25 bits per heavy atom. The van der Waals surface area contributed by atoms with Crippen molar-refractivity contribution < 1.29 is 18.0 Å². The van der Waals surface area contributed by atoms with Crippen LogP contribution >= 0.6 is 11.6 Å². The van der Waals surface area contributed by atoms with Crippen LogP contribution in [0.5, 0.6) is 0 Å². The molecule has 2 aromatic carbocycles. The van der Waals surface area contributed by atoms with Crippen LogP contribution in [0.25, 0.3) is 0 Å².